The zero-order valence-electron chi connectivity index (χ0n) is 15.9. The standard InChI is InChI=1S/C21H21F2N3O2/c1-4-16-17(21(27)28-5-2)18(13-9-8-12(3)11-15(13)23)26-20(25-16)19-14(22)7-6-10-24-19/h6-11,18H,4-5H2,1-3H3,(H,25,26). The molecule has 3 rings (SSSR count). The number of esters is 1. The maximum Gasteiger partial charge on any atom is 0.338 e. The first kappa shape index (κ1) is 19.7. The van der Waals surface area contributed by atoms with Gasteiger partial charge < -0.3 is 10.1 Å². The molecule has 0 spiro atoms. The lowest BCUT2D eigenvalue weighted by atomic mass is 9.93. The molecule has 0 fully saturated rings. The number of carbonyl (C=O) groups is 1. The van der Waals surface area contributed by atoms with Gasteiger partial charge in [-0.05, 0) is 44.0 Å². The number of nitrogens with one attached hydrogen (secondary N) is 1. The number of ether oxygens (including phenoxy) is 1. The molecule has 0 saturated heterocycles. The van der Waals surface area contributed by atoms with Crippen LogP contribution < -0.4 is 5.32 Å². The molecule has 1 N–H and O–H groups in total. The highest BCUT2D eigenvalue weighted by Crippen LogP contribution is 2.35. The minimum atomic E-state index is -0.966. The molecule has 7 heteroatoms. The van der Waals surface area contributed by atoms with Crippen LogP contribution in [0.1, 0.15) is 43.1 Å². The summed E-state index contributed by atoms with van der Waals surface area (Å²) in [4.78, 5) is 21.1. The first-order chi connectivity index (χ1) is 13.5. The lowest BCUT2D eigenvalue weighted by Gasteiger charge is -2.27. The molecule has 2 aromatic rings. The molecule has 0 radical (unpaired) electrons. The number of aromatic nitrogens is 1. The summed E-state index contributed by atoms with van der Waals surface area (Å²) >= 11 is 0. The number of aliphatic imine (C=N–C) groups is 1. The highest BCUT2D eigenvalue weighted by molar-refractivity contribution is 6.02. The van der Waals surface area contributed by atoms with Gasteiger partial charge >= 0.3 is 5.97 Å². The summed E-state index contributed by atoms with van der Waals surface area (Å²) in [6.45, 7) is 5.47. The second-order valence-electron chi connectivity index (χ2n) is 6.33. The van der Waals surface area contributed by atoms with Crippen molar-refractivity contribution in [3.05, 3.63) is 76.3 Å². The second-order valence-corrected chi connectivity index (χ2v) is 6.33. The van der Waals surface area contributed by atoms with Crippen LogP contribution in [0.4, 0.5) is 8.78 Å². The molecule has 2 heterocycles. The molecule has 1 aliphatic rings. The normalized spacial score (nSPS) is 16.5. The van der Waals surface area contributed by atoms with Crippen LogP contribution >= 0.6 is 0 Å². The van der Waals surface area contributed by atoms with Crippen molar-refractivity contribution < 1.29 is 18.3 Å². The Labute approximate surface area is 162 Å². The van der Waals surface area contributed by atoms with Crippen LogP contribution in [0.2, 0.25) is 0 Å². The fraction of sp³-hybridized carbons (Fsp3) is 0.286. The summed E-state index contributed by atoms with van der Waals surface area (Å²) in [7, 11) is 0. The van der Waals surface area contributed by atoms with Crippen molar-refractivity contribution in [2.24, 2.45) is 4.99 Å². The summed E-state index contributed by atoms with van der Waals surface area (Å²) in [5.74, 6) is -1.49. The average molecular weight is 385 g/mol. The number of aryl methyl sites for hydroxylation is 1. The van der Waals surface area contributed by atoms with Crippen LogP contribution in [0.25, 0.3) is 0 Å². The van der Waals surface area contributed by atoms with Crippen molar-refractivity contribution in [2.75, 3.05) is 6.61 Å². The third-order valence-corrected chi connectivity index (χ3v) is 4.41. The van der Waals surface area contributed by atoms with Gasteiger partial charge in [0.2, 0.25) is 0 Å². The van der Waals surface area contributed by atoms with Crippen molar-refractivity contribution in [1.82, 2.24) is 10.3 Å². The number of halogens is 2. The Hall–Kier alpha value is -3.09. The lowest BCUT2D eigenvalue weighted by Crippen LogP contribution is -2.35. The molecule has 5 nitrogen and oxygen atoms in total. The molecule has 146 valence electrons. The van der Waals surface area contributed by atoms with E-state index in [0.29, 0.717) is 12.1 Å². The largest absolute Gasteiger partial charge is 0.463 e. The number of hydrogen-bond acceptors (Lipinski definition) is 5. The molecular weight excluding hydrogens is 364 g/mol. The van der Waals surface area contributed by atoms with E-state index in [1.54, 1.807) is 26.0 Å². The van der Waals surface area contributed by atoms with Gasteiger partial charge in [0.05, 0.1) is 12.2 Å². The van der Waals surface area contributed by atoms with Crippen LogP contribution in [0.15, 0.2) is 52.8 Å². The van der Waals surface area contributed by atoms with Gasteiger partial charge in [-0.2, -0.15) is 0 Å². The van der Waals surface area contributed by atoms with Crippen LogP contribution in [0.3, 0.4) is 0 Å². The van der Waals surface area contributed by atoms with Gasteiger partial charge in [0.25, 0.3) is 0 Å². The van der Waals surface area contributed by atoms with E-state index < -0.39 is 23.6 Å². The summed E-state index contributed by atoms with van der Waals surface area (Å²) < 4.78 is 34.2. The quantitative estimate of drug-likeness (QED) is 0.791. The third kappa shape index (κ3) is 3.78. The first-order valence-corrected chi connectivity index (χ1v) is 9.08. The van der Waals surface area contributed by atoms with E-state index in [1.165, 1.54) is 24.4 Å². The smallest absolute Gasteiger partial charge is 0.338 e. The molecule has 1 unspecified atom stereocenters. The molecule has 0 amide bonds. The molecule has 28 heavy (non-hydrogen) atoms. The van der Waals surface area contributed by atoms with E-state index in [2.05, 4.69) is 15.3 Å². The number of allylic oxidation sites excluding steroid dienone is 1. The Kier molecular flexibility index (Phi) is 5.82. The monoisotopic (exact) mass is 385 g/mol. The molecule has 0 saturated carbocycles. The van der Waals surface area contributed by atoms with Gasteiger partial charge in [0.15, 0.2) is 11.7 Å². The Balaban J connectivity index is 2.19. The van der Waals surface area contributed by atoms with Gasteiger partial charge in [-0.15, -0.1) is 0 Å². The van der Waals surface area contributed by atoms with E-state index >= 15 is 0 Å². The molecule has 1 aromatic carbocycles. The SMILES string of the molecule is CCOC(=O)C1=C(CC)NC(c2ncccc2F)=NC1c1ccc(C)cc1F. The molecular formula is C21H21F2N3O2. The van der Waals surface area contributed by atoms with Gasteiger partial charge in [-0.25, -0.2) is 18.6 Å². The van der Waals surface area contributed by atoms with Crippen LogP contribution in [-0.4, -0.2) is 23.4 Å². The zero-order valence-corrected chi connectivity index (χ0v) is 15.9. The summed E-state index contributed by atoms with van der Waals surface area (Å²) in [6.07, 6.45) is 1.87. The fourth-order valence-corrected chi connectivity index (χ4v) is 3.08. The number of nitrogens with zero attached hydrogens (tertiary/aromatic N) is 2. The molecule has 1 aliphatic heterocycles. The van der Waals surface area contributed by atoms with Gasteiger partial charge in [0.1, 0.15) is 17.6 Å². The Bertz CT molecular complexity index is 970. The van der Waals surface area contributed by atoms with Gasteiger partial charge in [0, 0.05) is 17.5 Å². The van der Waals surface area contributed by atoms with E-state index in [1.807, 2.05) is 6.92 Å². The number of pyridine rings is 1. The number of hydrogen-bond donors (Lipinski definition) is 1. The Morgan fingerprint density at radius 3 is 2.64 bits per heavy atom. The van der Waals surface area contributed by atoms with E-state index in [-0.39, 0.29) is 29.3 Å². The van der Waals surface area contributed by atoms with Crippen LogP contribution in [0, 0.1) is 18.6 Å². The number of rotatable bonds is 5. The van der Waals surface area contributed by atoms with E-state index in [4.69, 9.17) is 4.74 Å². The van der Waals surface area contributed by atoms with Crippen molar-refractivity contribution in [3.8, 4) is 0 Å². The van der Waals surface area contributed by atoms with Crippen molar-refractivity contribution in [2.45, 2.75) is 33.2 Å². The number of carbonyl (C=O) groups excluding carboxylic acids is 1. The highest BCUT2D eigenvalue weighted by Gasteiger charge is 2.33. The summed E-state index contributed by atoms with van der Waals surface area (Å²) in [5.41, 5.74) is 1.68. The predicted octanol–water partition coefficient (Wildman–Crippen LogP) is 3.99. The lowest BCUT2D eigenvalue weighted by molar-refractivity contribution is -0.139. The number of amidine groups is 1. The molecule has 0 aliphatic carbocycles. The minimum absolute atomic E-state index is 0.00822. The second kappa shape index (κ2) is 8.29. The third-order valence-electron chi connectivity index (χ3n) is 4.41. The maximum absolute atomic E-state index is 14.7. The highest BCUT2D eigenvalue weighted by atomic mass is 19.1. The fourth-order valence-electron chi connectivity index (χ4n) is 3.08. The maximum atomic E-state index is 14.7. The van der Waals surface area contributed by atoms with E-state index in [9.17, 15) is 13.6 Å². The van der Waals surface area contributed by atoms with Crippen LogP contribution in [-0.2, 0) is 9.53 Å². The molecule has 1 atom stereocenters. The van der Waals surface area contributed by atoms with E-state index in [0.717, 1.165) is 5.56 Å². The first-order valence-electron chi connectivity index (χ1n) is 9.08. The Morgan fingerprint density at radius 1 is 1.21 bits per heavy atom. The average Bonchev–Trinajstić information content (AvgIpc) is 2.67. The zero-order chi connectivity index (χ0) is 20.3. The van der Waals surface area contributed by atoms with Gasteiger partial charge in [-0.3, -0.25) is 4.99 Å². The Morgan fingerprint density at radius 2 is 2.00 bits per heavy atom. The summed E-state index contributed by atoms with van der Waals surface area (Å²) in [5, 5.41) is 2.98. The number of benzene rings is 1. The topological polar surface area (TPSA) is 63.6 Å². The summed E-state index contributed by atoms with van der Waals surface area (Å²) in [6, 6.07) is 6.48. The van der Waals surface area contributed by atoms with Crippen LogP contribution in [0.5, 0.6) is 0 Å². The van der Waals surface area contributed by atoms with Crippen molar-refractivity contribution >= 4 is 11.8 Å². The van der Waals surface area contributed by atoms with Crippen molar-refractivity contribution in [1.29, 1.82) is 0 Å². The predicted molar refractivity (Wildman–Crippen MR) is 102 cm³/mol. The van der Waals surface area contributed by atoms with Crippen molar-refractivity contribution in [3.63, 3.8) is 0 Å². The molecule has 0 bridgehead atoms. The van der Waals surface area contributed by atoms with Gasteiger partial charge in [-0.1, -0.05) is 19.1 Å². The minimum Gasteiger partial charge on any atom is -0.463 e. The molecule has 1 aromatic heterocycles.